The smallest absolute Gasteiger partial charge is 0.382 e. The first-order chi connectivity index (χ1) is 20.5. The summed E-state index contributed by atoms with van der Waals surface area (Å²) in [6.45, 7) is -1.46. The van der Waals surface area contributed by atoms with Gasteiger partial charge in [-0.2, -0.15) is 13.2 Å². The molecule has 0 aliphatic rings. The Balaban J connectivity index is 1.41. The molecule has 1 amide bonds. The predicted octanol–water partition coefficient (Wildman–Crippen LogP) is 3.99. The van der Waals surface area contributed by atoms with E-state index < -0.39 is 36.2 Å². The summed E-state index contributed by atoms with van der Waals surface area (Å²) in [6, 6.07) is 18.4. The minimum Gasteiger partial charge on any atom is -0.382 e. The van der Waals surface area contributed by atoms with Gasteiger partial charge in [-0.05, 0) is 42.5 Å². The lowest BCUT2D eigenvalue weighted by atomic mass is 10.1. The second-order valence-corrected chi connectivity index (χ2v) is 9.77. The number of aliphatic hydroxyl groups is 1. The molecule has 222 valence electrons. The summed E-state index contributed by atoms with van der Waals surface area (Å²) in [7, 11) is 0. The maximum Gasteiger partial charge on any atom is 0.416 e. The van der Waals surface area contributed by atoms with Crippen molar-refractivity contribution in [2.24, 2.45) is 0 Å². The summed E-state index contributed by atoms with van der Waals surface area (Å²) in [5, 5.41) is 21.2. The highest BCUT2D eigenvalue weighted by atomic mass is 35.5. The SMILES string of the molecule is O=C(NCc1ccccc1F)c1ccccc1-n1cnc(Cn2nc(-c3ccc(Cl)cc3)n(CC(O)C(F)(F)F)c2=O)n1. The Morgan fingerprint density at radius 1 is 1.00 bits per heavy atom. The Kier molecular flexibility index (Phi) is 8.41. The molecule has 3 aromatic carbocycles. The van der Waals surface area contributed by atoms with Gasteiger partial charge < -0.3 is 10.4 Å². The fourth-order valence-electron chi connectivity index (χ4n) is 4.20. The lowest BCUT2D eigenvalue weighted by molar-refractivity contribution is -0.207. The molecule has 0 radical (unpaired) electrons. The van der Waals surface area contributed by atoms with Crippen molar-refractivity contribution < 1.29 is 27.5 Å². The van der Waals surface area contributed by atoms with E-state index in [0.717, 1.165) is 4.68 Å². The van der Waals surface area contributed by atoms with Crippen LogP contribution in [-0.2, 0) is 19.6 Å². The first-order valence-corrected chi connectivity index (χ1v) is 13.1. The maximum atomic E-state index is 14.0. The average Bonchev–Trinajstić information content (AvgIpc) is 3.57. The first-order valence-electron chi connectivity index (χ1n) is 12.7. The lowest BCUT2D eigenvalue weighted by Crippen LogP contribution is -2.37. The molecule has 0 saturated heterocycles. The summed E-state index contributed by atoms with van der Waals surface area (Å²) < 4.78 is 56.3. The number of para-hydroxylation sites is 1. The van der Waals surface area contributed by atoms with Gasteiger partial charge in [0.1, 0.15) is 18.7 Å². The molecule has 0 aliphatic heterocycles. The van der Waals surface area contributed by atoms with E-state index in [4.69, 9.17) is 11.6 Å². The largest absolute Gasteiger partial charge is 0.416 e. The minimum absolute atomic E-state index is 0.0486. The maximum absolute atomic E-state index is 14.0. The van der Waals surface area contributed by atoms with Crippen molar-refractivity contribution in [2.75, 3.05) is 0 Å². The van der Waals surface area contributed by atoms with Gasteiger partial charge in [-0.1, -0.05) is 41.9 Å². The molecule has 10 nitrogen and oxygen atoms in total. The number of nitrogens with zero attached hydrogens (tertiary/aromatic N) is 6. The molecule has 5 rings (SSSR count). The zero-order valence-electron chi connectivity index (χ0n) is 22.0. The summed E-state index contributed by atoms with van der Waals surface area (Å²) in [5.41, 5.74) is 0.214. The molecule has 15 heteroatoms. The van der Waals surface area contributed by atoms with Crippen LogP contribution in [0.3, 0.4) is 0 Å². The number of carbonyl (C=O) groups is 1. The Bertz CT molecular complexity index is 1820. The molecule has 1 atom stereocenters. The number of halogens is 5. The third-order valence-corrected chi connectivity index (χ3v) is 6.63. The van der Waals surface area contributed by atoms with Gasteiger partial charge in [-0.25, -0.2) is 23.5 Å². The van der Waals surface area contributed by atoms with Crippen LogP contribution in [0.5, 0.6) is 0 Å². The number of aromatic nitrogens is 6. The third kappa shape index (κ3) is 6.65. The molecule has 0 saturated carbocycles. The molecule has 2 heterocycles. The van der Waals surface area contributed by atoms with Crippen LogP contribution in [0, 0.1) is 5.82 Å². The summed E-state index contributed by atoms with van der Waals surface area (Å²) >= 11 is 5.92. The van der Waals surface area contributed by atoms with Gasteiger partial charge in [0.05, 0.1) is 17.8 Å². The molecular weight excluding hydrogens is 594 g/mol. The number of benzene rings is 3. The van der Waals surface area contributed by atoms with Crippen molar-refractivity contribution in [3.63, 3.8) is 0 Å². The molecule has 5 aromatic rings. The monoisotopic (exact) mass is 615 g/mol. The molecule has 0 bridgehead atoms. The number of amides is 1. The quantitative estimate of drug-likeness (QED) is 0.242. The van der Waals surface area contributed by atoms with Gasteiger partial charge in [0, 0.05) is 22.7 Å². The van der Waals surface area contributed by atoms with Crippen LogP contribution < -0.4 is 11.0 Å². The van der Waals surface area contributed by atoms with Gasteiger partial charge in [-0.15, -0.1) is 10.2 Å². The van der Waals surface area contributed by atoms with Crippen LogP contribution in [0.25, 0.3) is 17.1 Å². The first kappa shape index (κ1) is 29.7. The van der Waals surface area contributed by atoms with Crippen LogP contribution in [0.4, 0.5) is 17.6 Å². The Labute approximate surface area is 245 Å². The van der Waals surface area contributed by atoms with Crippen molar-refractivity contribution in [3.8, 4) is 17.1 Å². The number of aliphatic hydroxyl groups excluding tert-OH is 1. The molecule has 2 N–H and O–H groups in total. The number of alkyl halides is 3. The molecular formula is C28H22ClF4N7O3. The second kappa shape index (κ2) is 12.2. The highest BCUT2D eigenvalue weighted by molar-refractivity contribution is 6.30. The van der Waals surface area contributed by atoms with Gasteiger partial charge in [0.25, 0.3) is 5.91 Å². The fourth-order valence-corrected chi connectivity index (χ4v) is 4.32. The van der Waals surface area contributed by atoms with Crippen LogP contribution in [0.1, 0.15) is 21.7 Å². The molecule has 0 spiro atoms. The third-order valence-electron chi connectivity index (χ3n) is 6.38. The van der Waals surface area contributed by atoms with E-state index in [1.807, 2.05) is 0 Å². The van der Waals surface area contributed by atoms with Crippen LogP contribution in [-0.4, -0.2) is 52.4 Å². The highest BCUT2D eigenvalue weighted by Gasteiger charge is 2.39. The molecule has 0 aliphatic carbocycles. The number of hydrogen-bond acceptors (Lipinski definition) is 6. The normalized spacial score (nSPS) is 12.3. The van der Waals surface area contributed by atoms with E-state index in [1.165, 1.54) is 41.3 Å². The van der Waals surface area contributed by atoms with Crippen LogP contribution in [0.2, 0.25) is 5.02 Å². The van der Waals surface area contributed by atoms with Crippen molar-refractivity contribution >= 4 is 17.5 Å². The Hall–Kier alpha value is -4.82. The fraction of sp³-hybridized carbons (Fsp3) is 0.179. The lowest BCUT2D eigenvalue weighted by Gasteiger charge is -2.15. The standard InChI is InChI=1S/C28H22ClF4N7O3/c29-19-11-9-17(10-12-19)25-37-39(27(43)38(25)14-23(41)28(31,32)33)15-24-35-16-40(36-24)22-8-4-2-6-20(22)26(42)34-13-18-5-1-3-7-21(18)30/h1-12,16,23,41H,13-15H2,(H,34,42). The summed E-state index contributed by atoms with van der Waals surface area (Å²) in [6.07, 6.45) is -6.48. The number of rotatable bonds is 9. The number of hydrogen-bond donors (Lipinski definition) is 2. The number of nitrogens with one attached hydrogen (secondary N) is 1. The topological polar surface area (TPSA) is 120 Å². The molecule has 43 heavy (non-hydrogen) atoms. The number of carbonyl (C=O) groups excluding carboxylic acids is 1. The zero-order valence-corrected chi connectivity index (χ0v) is 22.8. The van der Waals surface area contributed by atoms with Crippen molar-refractivity contribution in [1.82, 2.24) is 34.4 Å². The van der Waals surface area contributed by atoms with Gasteiger partial charge in [-0.3, -0.25) is 9.36 Å². The highest BCUT2D eigenvalue weighted by Crippen LogP contribution is 2.24. The van der Waals surface area contributed by atoms with Crippen molar-refractivity contribution in [3.05, 3.63) is 117 Å². The van der Waals surface area contributed by atoms with E-state index in [-0.39, 0.29) is 30.3 Å². The molecule has 1 unspecified atom stereocenters. The summed E-state index contributed by atoms with van der Waals surface area (Å²) in [4.78, 5) is 30.3. The Morgan fingerprint density at radius 3 is 2.42 bits per heavy atom. The van der Waals surface area contributed by atoms with E-state index >= 15 is 0 Å². The van der Waals surface area contributed by atoms with Gasteiger partial charge >= 0.3 is 11.9 Å². The van der Waals surface area contributed by atoms with Crippen molar-refractivity contribution in [2.45, 2.75) is 31.9 Å². The predicted molar refractivity (Wildman–Crippen MR) is 147 cm³/mol. The Morgan fingerprint density at radius 2 is 1.70 bits per heavy atom. The second-order valence-electron chi connectivity index (χ2n) is 9.34. The average molecular weight is 616 g/mol. The molecule has 0 fully saturated rings. The van der Waals surface area contributed by atoms with Crippen LogP contribution in [0.15, 0.2) is 83.9 Å². The van der Waals surface area contributed by atoms with Gasteiger partial charge in [0.2, 0.25) is 0 Å². The van der Waals surface area contributed by atoms with Gasteiger partial charge in [0.15, 0.2) is 17.8 Å². The minimum atomic E-state index is -4.96. The summed E-state index contributed by atoms with van der Waals surface area (Å²) in [5.74, 6) is -1.02. The van der Waals surface area contributed by atoms with E-state index in [2.05, 4.69) is 20.5 Å². The van der Waals surface area contributed by atoms with Crippen LogP contribution >= 0.6 is 11.6 Å². The zero-order chi connectivity index (χ0) is 30.7. The van der Waals surface area contributed by atoms with E-state index in [9.17, 15) is 32.3 Å². The van der Waals surface area contributed by atoms with E-state index in [1.54, 1.807) is 42.5 Å². The van der Waals surface area contributed by atoms with Crippen molar-refractivity contribution in [1.29, 1.82) is 0 Å². The molecule has 2 aromatic heterocycles. The van der Waals surface area contributed by atoms with E-state index in [0.29, 0.717) is 26.4 Å².